The predicted molar refractivity (Wildman–Crippen MR) is 90.1 cm³/mol. The Morgan fingerprint density at radius 3 is 2.67 bits per heavy atom. The fourth-order valence-electron chi connectivity index (χ4n) is 2.26. The van der Waals surface area contributed by atoms with Crippen LogP contribution < -0.4 is 0 Å². The number of sulfonamides is 1. The van der Waals surface area contributed by atoms with Crippen LogP contribution in [0.4, 0.5) is 4.39 Å². The monoisotopic (exact) mass is 344 g/mol. The molecular weight excluding hydrogens is 327 g/mol. The van der Waals surface area contributed by atoms with Gasteiger partial charge < -0.3 is 0 Å². The second-order valence-electron chi connectivity index (χ2n) is 5.31. The SMILES string of the molecule is C=CCN(Cc1cccc(C#N)c1)S(=O)(=O)c1ccc(F)c(C)c1. The van der Waals surface area contributed by atoms with E-state index in [1.165, 1.54) is 29.4 Å². The summed E-state index contributed by atoms with van der Waals surface area (Å²) in [6.45, 7) is 5.32. The van der Waals surface area contributed by atoms with Crippen molar-refractivity contribution in [3.8, 4) is 6.07 Å². The highest BCUT2D eigenvalue weighted by atomic mass is 32.2. The highest BCUT2D eigenvalue weighted by Crippen LogP contribution is 2.21. The van der Waals surface area contributed by atoms with Crippen LogP contribution >= 0.6 is 0 Å². The zero-order valence-electron chi connectivity index (χ0n) is 13.2. The minimum Gasteiger partial charge on any atom is -0.207 e. The van der Waals surface area contributed by atoms with E-state index < -0.39 is 15.8 Å². The first-order valence-corrected chi connectivity index (χ1v) is 8.68. The lowest BCUT2D eigenvalue weighted by atomic mass is 10.1. The van der Waals surface area contributed by atoms with E-state index in [9.17, 15) is 12.8 Å². The van der Waals surface area contributed by atoms with Crippen LogP contribution in [0.3, 0.4) is 0 Å². The van der Waals surface area contributed by atoms with Crippen molar-refractivity contribution in [1.82, 2.24) is 4.31 Å². The predicted octanol–water partition coefficient (Wildman–Crippen LogP) is 3.38. The molecule has 0 saturated heterocycles. The number of hydrogen-bond acceptors (Lipinski definition) is 3. The zero-order chi connectivity index (χ0) is 17.7. The fourth-order valence-corrected chi connectivity index (χ4v) is 3.75. The first-order chi connectivity index (χ1) is 11.4. The normalized spacial score (nSPS) is 11.2. The van der Waals surface area contributed by atoms with Crippen molar-refractivity contribution in [2.45, 2.75) is 18.4 Å². The molecule has 0 fully saturated rings. The van der Waals surface area contributed by atoms with E-state index in [1.807, 2.05) is 6.07 Å². The maximum absolute atomic E-state index is 13.4. The summed E-state index contributed by atoms with van der Waals surface area (Å²) in [7, 11) is -3.81. The van der Waals surface area contributed by atoms with Crippen molar-refractivity contribution in [2.24, 2.45) is 0 Å². The molecule has 0 heterocycles. The first kappa shape index (κ1) is 17.9. The molecule has 0 amide bonds. The molecule has 0 bridgehead atoms. The largest absolute Gasteiger partial charge is 0.243 e. The average molecular weight is 344 g/mol. The number of nitriles is 1. The standard InChI is InChI=1S/C18H17FN2O2S/c1-3-9-21(13-16-6-4-5-15(11-16)12-20)24(22,23)17-7-8-18(19)14(2)10-17/h3-8,10-11H,1,9,13H2,2H3. The maximum atomic E-state index is 13.4. The van der Waals surface area contributed by atoms with Gasteiger partial charge in [0.05, 0.1) is 16.5 Å². The minimum absolute atomic E-state index is 0.0275. The van der Waals surface area contributed by atoms with Crippen LogP contribution in [0.2, 0.25) is 0 Å². The second kappa shape index (κ2) is 7.39. The second-order valence-corrected chi connectivity index (χ2v) is 7.25. The van der Waals surface area contributed by atoms with E-state index in [1.54, 1.807) is 24.3 Å². The Kier molecular flexibility index (Phi) is 5.50. The van der Waals surface area contributed by atoms with E-state index in [0.717, 1.165) is 6.07 Å². The number of halogens is 1. The molecule has 0 radical (unpaired) electrons. The summed E-state index contributed by atoms with van der Waals surface area (Å²) in [6, 6.07) is 12.5. The quantitative estimate of drug-likeness (QED) is 0.755. The molecule has 2 aromatic carbocycles. The topological polar surface area (TPSA) is 61.2 Å². The molecule has 0 saturated carbocycles. The van der Waals surface area contributed by atoms with Gasteiger partial charge in [-0.05, 0) is 48.4 Å². The molecule has 0 aliphatic carbocycles. The van der Waals surface area contributed by atoms with Crippen molar-refractivity contribution in [3.05, 3.63) is 77.6 Å². The van der Waals surface area contributed by atoms with E-state index >= 15 is 0 Å². The van der Waals surface area contributed by atoms with Crippen LogP contribution in [-0.4, -0.2) is 19.3 Å². The van der Waals surface area contributed by atoms with Gasteiger partial charge in [-0.15, -0.1) is 6.58 Å². The lowest BCUT2D eigenvalue weighted by molar-refractivity contribution is 0.438. The molecule has 124 valence electrons. The van der Waals surface area contributed by atoms with Gasteiger partial charge in [0, 0.05) is 13.1 Å². The third-order valence-electron chi connectivity index (χ3n) is 3.51. The van der Waals surface area contributed by atoms with Gasteiger partial charge in [-0.3, -0.25) is 0 Å². The van der Waals surface area contributed by atoms with Crippen LogP contribution in [0.5, 0.6) is 0 Å². The summed E-state index contributed by atoms with van der Waals surface area (Å²) in [5.41, 5.74) is 1.42. The summed E-state index contributed by atoms with van der Waals surface area (Å²) in [4.78, 5) is 0.0275. The molecule has 6 heteroatoms. The smallest absolute Gasteiger partial charge is 0.207 e. The van der Waals surface area contributed by atoms with Gasteiger partial charge in [0.25, 0.3) is 0 Å². The van der Waals surface area contributed by atoms with Gasteiger partial charge in [0.15, 0.2) is 0 Å². The van der Waals surface area contributed by atoms with Crippen molar-refractivity contribution in [3.63, 3.8) is 0 Å². The summed E-state index contributed by atoms with van der Waals surface area (Å²) in [5.74, 6) is -0.453. The fraction of sp³-hybridized carbons (Fsp3) is 0.167. The van der Waals surface area contributed by atoms with Gasteiger partial charge in [0.1, 0.15) is 5.82 Å². The van der Waals surface area contributed by atoms with Crippen LogP contribution in [0, 0.1) is 24.1 Å². The molecule has 2 aromatic rings. The Morgan fingerprint density at radius 1 is 1.29 bits per heavy atom. The van der Waals surface area contributed by atoms with Crippen molar-refractivity contribution >= 4 is 10.0 Å². The zero-order valence-corrected chi connectivity index (χ0v) is 14.1. The Hall–Kier alpha value is -2.49. The summed E-state index contributed by atoms with van der Waals surface area (Å²) >= 11 is 0. The molecule has 2 rings (SSSR count). The molecule has 0 aromatic heterocycles. The lowest BCUT2D eigenvalue weighted by Crippen LogP contribution is -2.31. The number of rotatable bonds is 6. The summed E-state index contributed by atoms with van der Waals surface area (Å²) in [6.07, 6.45) is 1.49. The molecule has 0 aliphatic rings. The molecule has 24 heavy (non-hydrogen) atoms. The Morgan fingerprint density at radius 2 is 2.04 bits per heavy atom. The number of benzene rings is 2. The van der Waals surface area contributed by atoms with Crippen LogP contribution in [0.25, 0.3) is 0 Å². The van der Waals surface area contributed by atoms with Gasteiger partial charge >= 0.3 is 0 Å². The molecule has 4 nitrogen and oxygen atoms in total. The van der Waals surface area contributed by atoms with Gasteiger partial charge in [-0.25, -0.2) is 12.8 Å². The van der Waals surface area contributed by atoms with E-state index in [0.29, 0.717) is 11.1 Å². The van der Waals surface area contributed by atoms with Gasteiger partial charge in [-0.1, -0.05) is 18.2 Å². The number of nitrogens with zero attached hydrogens (tertiary/aromatic N) is 2. The van der Waals surface area contributed by atoms with Crippen molar-refractivity contribution < 1.29 is 12.8 Å². The van der Waals surface area contributed by atoms with Crippen LogP contribution in [0.15, 0.2) is 60.0 Å². The summed E-state index contributed by atoms with van der Waals surface area (Å²) in [5, 5.41) is 8.96. The first-order valence-electron chi connectivity index (χ1n) is 7.24. The third kappa shape index (κ3) is 3.88. The highest BCUT2D eigenvalue weighted by Gasteiger charge is 2.24. The molecule has 0 spiro atoms. The Bertz CT molecular complexity index is 901. The number of hydrogen-bond donors (Lipinski definition) is 0. The maximum Gasteiger partial charge on any atom is 0.243 e. The molecule has 0 atom stereocenters. The van der Waals surface area contributed by atoms with Crippen molar-refractivity contribution in [1.29, 1.82) is 5.26 Å². The molecule has 0 N–H and O–H groups in total. The average Bonchev–Trinajstić information content (AvgIpc) is 2.57. The van der Waals surface area contributed by atoms with Crippen molar-refractivity contribution in [2.75, 3.05) is 6.54 Å². The van der Waals surface area contributed by atoms with Crippen LogP contribution in [0.1, 0.15) is 16.7 Å². The van der Waals surface area contributed by atoms with E-state index in [2.05, 4.69) is 6.58 Å². The summed E-state index contributed by atoms with van der Waals surface area (Å²) < 4.78 is 40.3. The lowest BCUT2D eigenvalue weighted by Gasteiger charge is -2.21. The van der Waals surface area contributed by atoms with Crippen LogP contribution in [-0.2, 0) is 16.6 Å². The number of aryl methyl sites for hydroxylation is 1. The van der Waals surface area contributed by atoms with Gasteiger partial charge in [-0.2, -0.15) is 9.57 Å². The molecular formula is C18H17FN2O2S. The minimum atomic E-state index is -3.81. The molecule has 0 unspecified atom stereocenters. The Balaban J connectivity index is 2.39. The molecule has 0 aliphatic heterocycles. The van der Waals surface area contributed by atoms with E-state index in [4.69, 9.17) is 5.26 Å². The Labute approximate surface area is 141 Å². The van der Waals surface area contributed by atoms with E-state index in [-0.39, 0.29) is 23.5 Å². The highest BCUT2D eigenvalue weighted by molar-refractivity contribution is 7.89. The third-order valence-corrected chi connectivity index (χ3v) is 5.32. The van der Waals surface area contributed by atoms with Gasteiger partial charge in [0.2, 0.25) is 10.0 Å².